The number of hydrogen-bond acceptors (Lipinski definition) is 6. The molecule has 3 saturated heterocycles. The van der Waals surface area contributed by atoms with Gasteiger partial charge in [-0.05, 0) is 35.0 Å². The normalized spacial score (nSPS) is 31.4. The molecule has 2 bridgehead atoms. The molecule has 6 rings (SSSR count). The average molecular weight is 567 g/mol. The molecule has 2 aromatic heterocycles. The number of piperidine rings is 1. The first kappa shape index (κ1) is 24.1. The summed E-state index contributed by atoms with van der Waals surface area (Å²) in [6.45, 7) is 0.721. The highest BCUT2D eigenvalue weighted by Crippen LogP contribution is 2.53. The Bertz CT molecular complexity index is 1120. The zero-order chi connectivity index (χ0) is 22.8. The van der Waals surface area contributed by atoms with Crippen molar-refractivity contribution in [3.05, 3.63) is 80.4 Å². The van der Waals surface area contributed by atoms with Gasteiger partial charge in [-0.2, -0.15) is 0 Å². The first-order valence-corrected chi connectivity index (χ1v) is 12.9. The van der Waals surface area contributed by atoms with Gasteiger partial charge < -0.3 is 36.0 Å². The van der Waals surface area contributed by atoms with E-state index in [2.05, 4.69) is 7.05 Å². The Morgan fingerprint density at radius 3 is 2.26 bits per heavy atom. The van der Waals surface area contributed by atoms with Crippen molar-refractivity contribution >= 4 is 28.6 Å². The molecule has 9 heteroatoms. The quantitative estimate of drug-likeness (QED) is 0.276. The molecular formula is C25H25BrFNO4S2. The van der Waals surface area contributed by atoms with Crippen LogP contribution in [0.5, 0.6) is 0 Å². The minimum Gasteiger partial charge on any atom is -1.00 e. The lowest BCUT2D eigenvalue weighted by atomic mass is 9.93. The second-order valence-corrected chi connectivity index (χ2v) is 11.4. The summed E-state index contributed by atoms with van der Waals surface area (Å²) in [4.78, 5) is 14.5. The number of esters is 1. The SMILES string of the molecule is C[N+]1(Cc2cccc(F)c2)C2CC(OC(=O)C(O)(c3cccs3)c3cccs3)CC1C1OC12.[Br-]. The molecule has 4 atom stereocenters. The van der Waals surface area contributed by atoms with Crippen LogP contribution in [0.15, 0.2) is 59.3 Å². The molecule has 3 aliphatic rings. The maximum absolute atomic E-state index is 13.8. The summed E-state index contributed by atoms with van der Waals surface area (Å²) in [7, 11) is 2.21. The average Bonchev–Trinajstić information content (AvgIpc) is 3.13. The number of carbonyl (C=O) groups is 1. The van der Waals surface area contributed by atoms with Crippen molar-refractivity contribution in [2.24, 2.45) is 0 Å². The van der Waals surface area contributed by atoms with E-state index in [1.165, 1.54) is 28.7 Å². The van der Waals surface area contributed by atoms with Crippen LogP contribution in [0.2, 0.25) is 0 Å². The van der Waals surface area contributed by atoms with Crippen molar-refractivity contribution in [2.45, 2.75) is 55.4 Å². The molecule has 1 N–H and O–H groups in total. The van der Waals surface area contributed by atoms with Gasteiger partial charge in [-0.3, -0.25) is 0 Å². The number of thiophene rings is 2. The summed E-state index contributed by atoms with van der Waals surface area (Å²) in [5.74, 6) is -0.842. The largest absolute Gasteiger partial charge is 1.00 e. The third-order valence-corrected chi connectivity index (χ3v) is 9.54. The van der Waals surface area contributed by atoms with Crippen molar-refractivity contribution in [1.29, 1.82) is 0 Å². The molecule has 34 heavy (non-hydrogen) atoms. The Hall–Kier alpha value is -1.62. The molecule has 1 aromatic carbocycles. The Kier molecular flexibility index (Phi) is 6.23. The molecule has 0 aliphatic carbocycles. The number of benzene rings is 1. The van der Waals surface area contributed by atoms with E-state index < -0.39 is 11.6 Å². The van der Waals surface area contributed by atoms with Crippen LogP contribution in [0.3, 0.4) is 0 Å². The number of carbonyl (C=O) groups excluding carboxylic acids is 1. The van der Waals surface area contributed by atoms with Crippen LogP contribution in [0, 0.1) is 5.82 Å². The first-order chi connectivity index (χ1) is 15.9. The summed E-state index contributed by atoms with van der Waals surface area (Å²) in [5, 5.41) is 15.2. The second kappa shape index (κ2) is 8.80. The molecule has 0 saturated carbocycles. The lowest BCUT2D eigenvalue weighted by Crippen LogP contribution is -3.00. The van der Waals surface area contributed by atoms with Crippen LogP contribution >= 0.6 is 22.7 Å². The van der Waals surface area contributed by atoms with Gasteiger partial charge in [-0.15, -0.1) is 22.7 Å². The predicted molar refractivity (Wildman–Crippen MR) is 123 cm³/mol. The third-order valence-electron chi connectivity index (χ3n) is 7.58. The smallest absolute Gasteiger partial charge is 0.349 e. The van der Waals surface area contributed by atoms with Crippen LogP contribution in [-0.4, -0.2) is 53.0 Å². The Labute approximate surface area is 216 Å². The van der Waals surface area contributed by atoms with Gasteiger partial charge in [0, 0.05) is 18.4 Å². The maximum Gasteiger partial charge on any atom is 0.349 e. The summed E-state index contributed by atoms with van der Waals surface area (Å²) in [5.41, 5.74) is -0.827. The molecule has 180 valence electrons. The van der Waals surface area contributed by atoms with Crippen molar-refractivity contribution in [3.63, 3.8) is 0 Å². The number of quaternary nitrogens is 1. The molecule has 5 heterocycles. The highest BCUT2D eigenvalue weighted by Gasteiger charge is 2.72. The highest BCUT2D eigenvalue weighted by molar-refractivity contribution is 7.12. The molecule has 3 aromatic rings. The zero-order valence-corrected chi connectivity index (χ0v) is 21.7. The van der Waals surface area contributed by atoms with Crippen molar-refractivity contribution in [1.82, 2.24) is 0 Å². The van der Waals surface area contributed by atoms with Gasteiger partial charge in [0.15, 0.2) is 0 Å². The van der Waals surface area contributed by atoms with Gasteiger partial charge in [0.2, 0.25) is 5.60 Å². The molecule has 0 radical (unpaired) electrons. The molecule has 0 amide bonds. The fraction of sp³-hybridized carbons (Fsp3) is 0.400. The van der Waals surface area contributed by atoms with Gasteiger partial charge in [0.05, 0.1) is 16.8 Å². The van der Waals surface area contributed by atoms with Gasteiger partial charge in [-0.1, -0.05) is 24.3 Å². The summed E-state index contributed by atoms with van der Waals surface area (Å²) < 4.78 is 26.5. The van der Waals surface area contributed by atoms with Crippen molar-refractivity contribution in [3.8, 4) is 0 Å². The highest BCUT2D eigenvalue weighted by atomic mass is 79.9. The van der Waals surface area contributed by atoms with E-state index in [-0.39, 0.29) is 53.2 Å². The van der Waals surface area contributed by atoms with Crippen LogP contribution in [0.25, 0.3) is 0 Å². The molecule has 3 fully saturated rings. The Balaban J connectivity index is 0.00000241. The number of epoxide rings is 1. The van der Waals surface area contributed by atoms with E-state index in [4.69, 9.17) is 9.47 Å². The van der Waals surface area contributed by atoms with Gasteiger partial charge in [0.25, 0.3) is 0 Å². The van der Waals surface area contributed by atoms with Crippen LogP contribution in [0.1, 0.15) is 28.2 Å². The lowest BCUT2D eigenvalue weighted by Gasteiger charge is -2.48. The zero-order valence-electron chi connectivity index (χ0n) is 18.5. The van der Waals surface area contributed by atoms with Crippen molar-refractivity contribution < 1.29 is 45.2 Å². The van der Waals surface area contributed by atoms with Crippen LogP contribution in [-0.2, 0) is 26.4 Å². The summed E-state index contributed by atoms with van der Waals surface area (Å²) >= 11 is 2.69. The maximum atomic E-state index is 13.8. The standard InChI is InChI=1S/C25H25FNO4S2.BrH/c1-27(14-15-5-2-6-16(26)11-15)18-12-17(13-19(27)23-22(18)31-23)30-24(28)25(29,20-7-3-9-32-20)21-8-4-10-33-21;/h2-11,17-19,22-23,29H,12-14H2,1H3;1H/q+1;/p-1. The second-order valence-electron chi connectivity index (χ2n) is 9.50. The number of ether oxygens (including phenoxy) is 2. The number of aliphatic hydroxyl groups is 1. The van der Waals surface area contributed by atoms with E-state index in [9.17, 15) is 14.3 Å². The minimum atomic E-state index is -1.79. The summed E-state index contributed by atoms with van der Waals surface area (Å²) in [6.07, 6.45) is 1.37. The fourth-order valence-electron chi connectivity index (χ4n) is 5.94. The number of halogens is 2. The van der Waals surface area contributed by atoms with E-state index in [1.54, 1.807) is 24.3 Å². The third kappa shape index (κ3) is 3.77. The number of morpholine rings is 1. The number of fused-ring (bicyclic) bond motifs is 5. The number of likely N-dealkylation sites (N-methyl/N-ethyl adjacent to an activating group) is 1. The lowest BCUT2D eigenvalue weighted by molar-refractivity contribution is -0.968. The van der Waals surface area contributed by atoms with Gasteiger partial charge in [-0.25, -0.2) is 9.18 Å². The van der Waals surface area contributed by atoms with E-state index in [1.807, 2.05) is 29.0 Å². The molecule has 4 unspecified atom stereocenters. The minimum absolute atomic E-state index is 0. The van der Waals surface area contributed by atoms with E-state index >= 15 is 0 Å². The van der Waals surface area contributed by atoms with Crippen LogP contribution < -0.4 is 17.0 Å². The summed E-state index contributed by atoms with van der Waals surface area (Å²) in [6, 6.07) is 14.3. The van der Waals surface area contributed by atoms with Crippen molar-refractivity contribution in [2.75, 3.05) is 7.05 Å². The topological polar surface area (TPSA) is 59.1 Å². The Morgan fingerprint density at radius 2 is 1.74 bits per heavy atom. The number of rotatable bonds is 6. The van der Waals surface area contributed by atoms with Gasteiger partial charge in [0.1, 0.15) is 42.8 Å². The molecule has 3 aliphatic heterocycles. The molecular weight excluding hydrogens is 541 g/mol. The number of hydrogen-bond donors (Lipinski definition) is 1. The molecule has 5 nitrogen and oxygen atoms in total. The first-order valence-electron chi connectivity index (χ1n) is 11.2. The fourth-order valence-corrected chi connectivity index (χ4v) is 7.66. The van der Waals surface area contributed by atoms with E-state index in [0.717, 1.165) is 16.6 Å². The molecule has 0 spiro atoms. The van der Waals surface area contributed by atoms with Crippen LogP contribution in [0.4, 0.5) is 4.39 Å². The predicted octanol–water partition coefficient (Wildman–Crippen LogP) is 1.06. The van der Waals surface area contributed by atoms with Gasteiger partial charge >= 0.3 is 5.97 Å². The Morgan fingerprint density at radius 1 is 1.12 bits per heavy atom. The number of nitrogens with zero attached hydrogens (tertiary/aromatic N) is 1. The monoisotopic (exact) mass is 565 g/mol. The van der Waals surface area contributed by atoms with E-state index in [0.29, 0.717) is 22.6 Å².